The molecule has 0 N–H and O–H groups in total. The number of Topliss-reactive ketones (excluding diaryl/α,β-unsaturated/α-hetero) is 2. The van der Waals surface area contributed by atoms with Crippen molar-refractivity contribution in [1.29, 1.82) is 0 Å². The summed E-state index contributed by atoms with van der Waals surface area (Å²) >= 11 is 13.4. The van der Waals surface area contributed by atoms with Crippen LogP contribution in [0.3, 0.4) is 0 Å². The van der Waals surface area contributed by atoms with Crippen LogP contribution >= 0.6 is 34.5 Å². The molecule has 0 atom stereocenters. The highest BCUT2D eigenvalue weighted by Gasteiger charge is 2.34. The maximum Gasteiger partial charge on any atom is 0.197 e. The zero-order valence-corrected chi connectivity index (χ0v) is 15.6. The van der Waals surface area contributed by atoms with E-state index in [1.54, 1.807) is 18.3 Å². The number of aromatic nitrogens is 1. The van der Waals surface area contributed by atoms with Gasteiger partial charge in [-0.25, -0.2) is 4.98 Å². The number of furan rings is 2. The van der Waals surface area contributed by atoms with Crippen molar-refractivity contribution >= 4 is 63.3 Å². The summed E-state index contributed by atoms with van der Waals surface area (Å²) in [5.41, 5.74) is 1.49. The second kappa shape index (κ2) is 5.92. The zero-order chi connectivity index (χ0) is 18.7. The molecule has 1 aliphatic rings. The third kappa shape index (κ3) is 2.56. The van der Waals surface area contributed by atoms with E-state index in [0.717, 1.165) is 5.01 Å². The fourth-order valence-electron chi connectivity index (χ4n) is 2.97. The molecule has 4 aromatic rings. The summed E-state index contributed by atoms with van der Waals surface area (Å²) in [4.78, 5) is 29.3. The molecule has 3 aromatic heterocycles. The maximum absolute atomic E-state index is 12.6. The molecule has 0 amide bonds. The summed E-state index contributed by atoms with van der Waals surface area (Å²) in [7, 11) is 0. The molecule has 3 heterocycles. The molecule has 132 valence electrons. The Balaban J connectivity index is 1.54. The van der Waals surface area contributed by atoms with Gasteiger partial charge in [0.2, 0.25) is 0 Å². The van der Waals surface area contributed by atoms with Gasteiger partial charge in [0.15, 0.2) is 33.5 Å². The molecule has 0 unspecified atom stereocenters. The molecule has 8 heteroatoms. The number of hydrogen-bond donors (Lipinski definition) is 0. The van der Waals surface area contributed by atoms with Crippen molar-refractivity contribution < 1.29 is 18.4 Å². The fourth-order valence-corrected chi connectivity index (χ4v) is 3.88. The molecule has 0 radical (unpaired) electrons. The average molecular weight is 416 g/mol. The van der Waals surface area contributed by atoms with E-state index >= 15 is 0 Å². The lowest BCUT2D eigenvalue weighted by Crippen LogP contribution is -1.99. The summed E-state index contributed by atoms with van der Waals surface area (Å²) in [6.07, 6.45) is 3.10. The van der Waals surface area contributed by atoms with Crippen molar-refractivity contribution in [2.24, 2.45) is 0 Å². The van der Waals surface area contributed by atoms with Gasteiger partial charge in [-0.1, -0.05) is 23.2 Å². The SMILES string of the molecule is O=C1C(=Cc2cc3oc(-c4nccs4)cc3o2)C(=O)c2cc(Cl)c(Cl)cc21. The number of hydrogen-bond acceptors (Lipinski definition) is 6. The van der Waals surface area contributed by atoms with Crippen LogP contribution in [0.15, 0.2) is 50.2 Å². The van der Waals surface area contributed by atoms with E-state index in [9.17, 15) is 9.59 Å². The maximum atomic E-state index is 12.6. The third-order valence-corrected chi connectivity index (χ3v) is 5.70. The van der Waals surface area contributed by atoms with E-state index < -0.39 is 11.6 Å². The van der Waals surface area contributed by atoms with Crippen LogP contribution in [0.1, 0.15) is 26.5 Å². The standard InChI is InChI=1S/C19H7Cl2NO4S/c20-12-5-9-10(6-13(12)21)18(24)11(17(9)23)3-8-4-14-15(25-8)7-16(26-14)19-22-1-2-27-19/h1-7H. The summed E-state index contributed by atoms with van der Waals surface area (Å²) in [5, 5.41) is 3.04. The van der Waals surface area contributed by atoms with Crippen LogP contribution in [0.25, 0.3) is 28.0 Å². The quantitative estimate of drug-likeness (QED) is 0.300. The highest BCUT2D eigenvalue weighted by atomic mass is 35.5. The Morgan fingerprint density at radius 1 is 0.926 bits per heavy atom. The first kappa shape index (κ1) is 16.5. The minimum atomic E-state index is -0.412. The number of carbonyl (C=O) groups is 2. The van der Waals surface area contributed by atoms with Gasteiger partial charge in [-0.2, -0.15) is 0 Å². The van der Waals surface area contributed by atoms with Gasteiger partial charge in [-0.3, -0.25) is 9.59 Å². The van der Waals surface area contributed by atoms with Crippen LogP contribution in [0.2, 0.25) is 10.0 Å². The molecule has 0 bridgehead atoms. The van der Waals surface area contributed by atoms with Crippen molar-refractivity contribution in [1.82, 2.24) is 4.98 Å². The summed E-state index contributed by atoms with van der Waals surface area (Å²) < 4.78 is 11.4. The van der Waals surface area contributed by atoms with E-state index in [1.165, 1.54) is 29.5 Å². The fraction of sp³-hybridized carbons (Fsp3) is 0. The van der Waals surface area contributed by atoms with Crippen molar-refractivity contribution in [3.8, 4) is 10.8 Å². The second-order valence-electron chi connectivity index (χ2n) is 5.85. The van der Waals surface area contributed by atoms with Gasteiger partial charge in [0, 0.05) is 34.8 Å². The average Bonchev–Trinajstić information content (AvgIpc) is 3.38. The number of fused-ring (bicyclic) bond motifs is 2. The van der Waals surface area contributed by atoms with Gasteiger partial charge in [0.1, 0.15) is 5.76 Å². The number of halogens is 2. The third-order valence-electron chi connectivity index (χ3n) is 4.19. The van der Waals surface area contributed by atoms with Crippen LogP contribution in [-0.4, -0.2) is 16.6 Å². The molecular weight excluding hydrogens is 409 g/mol. The lowest BCUT2D eigenvalue weighted by molar-refractivity contribution is 0.0990. The molecule has 1 aliphatic carbocycles. The van der Waals surface area contributed by atoms with Crippen molar-refractivity contribution in [2.75, 3.05) is 0 Å². The predicted molar refractivity (Wildman–Crippen MR) is 103 cm³/mol. The number of benzene rings is 1. The molecule has 5 rings (SSSR count). The molecule has 0 saturated carbocycles. The Kier molecular flexibility index (Phi) is 3.62. The van der Waals surface area contributed by atoms with E-state index in [0.29, 0.717) is 22.7 Å². The number of carbonyl (C=O) groups excluding carboxylic acids is 2. The Hall–Kier alpha value is -2.67. The molecule has 0 fully saturated rings. The highest BCUT2D eigenvalue weighted by molar-refractivity contribution is 7.13. The van der Waals surface area contributed by atoms with Gasteiger partial charge in [-0.15, -0.1) is 11.3 Å². The zero-order valence-electron chi connectivity index (χ0n) is 13.3. The van der Waals surface area contributed by atoms with Gasteiger partial charge in [0.05, 0.1) is 15.6 Å². The number of rotatable bonds is 2. The van der Waals surface area contributed by atoms with E-state index in [2.05, 4.69) is 4.98 Å². The molecule has 0 spiro atoms. The lowest BCUT2D eigenvalue weighted by atomic mass is 10.1. The Bertz CT molecular complexity index is 1210. The summed E-state index contributed by atoms with van der Waals surface area (Å²) in [5.74, 6) is 0.119. The number of thiazole rings is 1. The number of allylic oxidation sites excluding steroid dienone is 1. The minimum Gasteiger partial charge on any atom is -0.453 e. The topological polar surface area (TPSA) is 73.3 Å². The van der Waals surface area contributed by atoms with E-state index in [4.69, 9.17) is 32.0 Å². The van der Waals surface area contributed by atoms with Gasteiger partial charge in [0.25, 0.3) is 0 Å². The van der Waals surface area contributed by atoms with Crippen LogP contribution in [0.5, 0.6) is 0 Å². The van der Waals surface area contributed by atoms with Crippen LogP contribution < -0.4 is 0 Å². The molecule has 1 aromatic carbocycles. The Morgan fingerprint density at radius 2 is 1.59 bits per heavy atom. The highest BCUT2D eigenvalue weighted by Crippen LogP contribution is 2.36. The largest absolute Gasteiger partial charge is 0.453 e. The number of nitrogens with zero attached hydrogens (tertiary/aromatic N) is 1. The monoisotopic (exact) mass is 415 g/mol. The second-order valence-corrected chi connectivity index (χ2v) is 7.56. The van der Waals surface area contributed by atoms with Gasteiger partial charge in [-0.05, 0) is 18.2 Å². The van der Waals surface area contributed by atoms with Crippen LogP contribution in [0, 0.1) is 0 Å². The number of ketones is 2. The smallest absolute Gasteiger partial charge is 0.197 e. The van der Waals surface area contributed by atoms with Crippen LogP contribution in [0.4, 0.5) is 0 Å². The molecule has 5 nitrogen and oxygen atoms in total. The molecule has 0 aliphatic heterocycles. The Morgan fingerprint density at radius 3 is 2.19 bits per heavy atom. The summed E-state index contributed by atoms with van der Waals surface area (Å²) in [6.45, 7) is 0. The summed E-state index contributed by atoms with van der Waals surface area (Å²) in [6, 6.07) is 6.18. The first-order valence-corrected chi connectivity index (χ1v) is 9.38. The molecular formula is C19H7Cl2NO4S. The van der Waals surface area contributed by atoms with Gasteiger partial charge < -0.3 is 8.83 Å². The molecule has 27 heavy (non-hydrogen) atoms. The van der Waals surface area contributed by atoms with Crippen molar-refractivity contribution in [3.63, 3.8) is 0 Å². The van der Waals surface area contributed by atoms with E-state index in [1.807, 2.05) is 5.38 Å². The van der Waals surface area contributed by atoms with Crippen molar-refractivity contribution in [2.45, 2.75) is 0 Å². The predicted octanol–water partition coefficient (Wildman–Crippen LogP) is 5.92. The van der Waals surface area contributed by atoms with Gasteiger partial charge >= 0.3 is 0 Å². The Labute approximate surface area is 165 Å². The van der Waals surface area contributed by atoms with Crippen LogP contribution in [-0.2, 0) is 0 Å². The first-order chi connectivity index (χ1) is 13.0. The van der Waals surface area contributed by atoms with Crippen molar-refractivity contribution in [3.05, 3.63) is 68.3 Å². The van der Waals surface area contributed by atoms with E-state index in [-0.39, 0.29) is 26.7 Å². The normalized spacial score (nSPS) is 13.6. The lowest BCUT2D eigenvalue weighted by Gasteiger charge is -1.98. The molecule has 0 saturated heterocycles. The first-order valence-electron chi connectivity index (χ1n) is 7.74. The minimum absolute atomic E-state index is 0.000108.